The van der Waals surface area contributed by atoms with Crippen molar-refractivity contribution in [3.05, 3.63) is 41.6 Å². The number of nitrogens with zero attached hydrogens (tertiary/aromatic N) is 2. The number of piperidine rings is 2. The van der Waals surface area contributed by atoms with E-state index in [0.29, 0.717) is 37.1 Å². The third kappa shape index (κ3) is 5.26. The summed E-state index contributed by atoms with van der Waals surface area (Å²) < 4.78 is 12.7. The molecule has 0 aromatic heterocycles. The van der Waals surface area contributed by atoms with Gasteiger partial charge in [-0.05, 0) is 89.5 Å². The molecule has 35 heavy (non-hydrogen) atoms. The van der Waals surface area contributed by atoms with Crippen molar-refractivity contribution in [3.8, 4) is 5.75 Å². The fraction of sp³-hybridized carbons (Fsp3) is 0.643. The van der Waals surface area contributed by atoms with Crippen molar-refractivity contribution >= 4 is 11.8 Å². The molecule has 3 aliphatic heterocycles. The summed E-state index contributed by atoms with van der Waals surface area (Å²) >= 11 is 0. The molecule has 1 unspecified atom stereocenters. The number of carbonyl (C=O) groups excluding carboxylic acids is 2. The van der Waals surface area contributed by atoms with Crippen LogP contribution in [-0.4, -0.2) is 64.6 Å². The van der Waals surface area contributed by atoms with E-state index in [1.54, 1.807) is 4.90 Å². The van der Waals surface area contributed by atoms with Crippen molar-refractivity contribution in [2.45, 2.75) is 102 Å². The first-order chi connectivity index (χ1) is 16.7. The Balaban J connectivity index is 1.21. The number of hydrogen-bond donors (Lipinski definition) is 1. The van der Waals surface area contributed by atoms with Crippen LogP contribution in [0, 0.1) is 0 Å². The number of fused-ring (bicyclic) bond motifs is 1. The van der Waals surface area contributed by atoms with E-state index in [1.807, 2.05) is 18.2 Å². The topological polar surface area (TPSA) is 71.1 Å². The van der Waals surface area contributed by atoms with Crippen molar-refractivity contribution in [2.75, 3.05) is 13.1 Å². The number of likely N-dealkylation sites (tertiary alicyclic amines) is 1. The van der Waals surface area contributed by atoms with Gasteiger partial charge < -0.3 is 19.7 Å². The quantitative estimate of drug-likeness (QED) is 0.688. The Kier molecular flexibility index (Phi) is 6.66. The summed E-state index contributed by atoms with van der Waals surface area (Å²) in [5.41, 5.74) is 2.26. The molecule has 2 saturated heterocycles. The van der Waals surface area contributed by atoms with Crippen LogP contribution in [-0.2, 0) is 16.1 Å². The second kappa shape index (κ2) is 9.58. The van der Waals surface area contributed by atoms with Gasteiger partial charge in [0.2, 0.25) is 5.91 Å². The van der Waals surface area contributed by atoms with Crippen LogP contribution in [0.5, 0.6) is 5.75 Å². The average molecular weight is 482 g/mol. The Morgan fingerprint density at radius 2 is 1.83 bits per heavy atom. The number of rotatable bonds is 5. The largest absolute Gasteiger partial charge is 0.489 e. The smallest absolute Gasteiger partial charge is 0.255 e. The minimum absolute atomic E-state index is 0.0710. The van der Waals surface area contributed by atoms with E-state index in [2.05, 4.69) is 37.6 Å². The Hall–Kier alpha value is -2.38. The van der Waals surface area contributed by atoms with Crippen LogP contribution in [0.1, 0.15) is 81.6 Å². The molecule has 0 bridgehead atoms. The molecule has 3 atom stereocenters. The van der Waals surface area contributed by atoms with E-state index >= 15 is 0 Å². The summed E-state index contributed by atoms with van der Waals surface area (Å²) in [6.07, 6.45) is 7.35. The van der Waals surface area contributed by atoms with Gasteiger partial charge in [0.25, 0.3) is 5.91 Å². The Labute approximate surface area is 208 Å². The van der Waals surface area contributed by atoms with Gasteiger partial charge in [-0.25, -0.2) is 0 Å². The second-order valence-electron chi connectivity index (χ2n) is 11.5. The molecule has 0 radical (unpaired) electrons. The van der Waals surface area contributed by atoms with Crippen LogP contribution in [0.15, 0.2) is 30.5 Å². The molecule has 1 aromatic carbocycles. The van der Waals surface area contributed by atoms with Crippen LogP contribution < -0.4 is 10.1 Å². The molecule has 1 aliphatic carbocycles. The van der Waals surface area contributed by atoms with Gasteiger partial charge in [-0.15, -0.1) is 0 Å². The number of hydrogen-bond acceptors (Lipinski definition) is 5. The summed E-state index contributed by atoms with van der Waals surface area (Å²) in [6, 6.07) is 5.78. The Morgan fingerprint density at radius 3 is 2.54 bits per heavy atom. The summed E-state index contributed by atoms with van der Waals surface area (Å²) in [5.74, 6) is 0.616. The fourth-order valence-electron chi connectivity index (χ4n) is 6.17. The van der Waals surface area contributed by atoms with E-state index in [9.17, 15) is 9.59 Å². The van der Waals surface area contributed by atoms with Gasteiger partial charge >= 0.3 is 0 Å². The Bertz CT molecular complexity index is 992. The van der Waals surface area contributed by atoms with Gasteiger partial charge in [0.15, 0.2) is 0 Å². The fourth-order valence-corrected chi connectivity index (χ4v) is 6.17. The standard InChI is InChI=1S/C28H39N3O4/c1-18-8-11-24(26(32)29-18)31-17-19-16-21(9-10-22(19)27(31)33)34-25-7-5-6-23(25)30-14-12-20(13-15-30)35-28(2,3)4/h9-10,16,20,23-25H,1,5-8,11-15,17H2,2-4H3,(H,29,32)/t23-,24?,25+/m1/s1. The summed E-state index contributed by atoms with van der Waals surface area (Å²) in [4.78, 5) is 29.8. The van der Waals surface area contributed by atoms with Gasteiger partial charge in [-0.1, -0.05) is 6.58 Å². The van der Waals surface area contributed by atoms with Crippen molar-refractivity contribution in [1.29, 1.82) is 0 Å². The van der Waals surface area contributed by atoms with Crippen molar-refractivity contribution in [2.24, 2.45) is 0 Å². The van der Waals surface area contributed by atoms with Crippen molar-refractivity contribution in [3.63, 3.8) is 0 Å². The highest BCUT2D eigenvalue weighted by atomic mass is 16.5. The lowest BCUT2D eigenvalue weighted by Crippen LogP contribution is -2.49. The average Bonchev–Trinajstić information content (AvgIpc) is 3.38. The second-order valence-corrected chi connectivity index (χ2v) is 11.5. The monoisotopic (exact) mass is 481 g/mol. The molecule has 190 valence electrons. The highest BCUT2D eigenvalue weighted by Crippen LogP contribution is 2.34. The molecular formula is C28H39N3O4. The Morgan fingerprint density at radius 1 is 1.06 bits per heavy atom. The van der Waals surface area contributed by atoms with Crippen LogP contribution in [0.2, 0.25) is 0 Å². The highest BCUT2D eigenvalue weighted by molar-refractivity contribution is 6.01. The van der Waals surface area contributed by atoms with E-state index in [4.69, 9.17) is 9.47 Å². The van der Waals surface area contributed by atoms with Gasteiger partial charge in [-0.2, -0.15) is 0 Å². The number of amides is 2. The maximum atomic E-state index is 13.0. The summed E-state index contributed by atoms with van der Waals surface area (Å²) in [6.45, 7) is 12.8. The molecule has 7 heteroatoms. The minimum Gasteiger partial charge on any atom is -0.489 e. The van der Waals surface area contributed by atoms with Crippen LogP contribution in [0.3, 0.4) is 0 Å². The molecule has 2 amide bonds. The minimum atomic E-state index is -0.436. The zero-order valence-electron chi connectivity index (χ0n) is 21.3. The molecule has 1 aromatic rings. The zero-order chi connectivity index (χ0) is 24.7. The molecule has 0 spiro atoms. The van der Waals surface area contributed by atoms with Gasteiger partial charge in [0.05, 0.1) is 11.7 Å². The highest BCUT2D eigenvalue weighted by Gasteiger charge is 2.39. The predicted octanol–water partition coefficient (Wildman–Crippen LogP) is 4.01. The summed E-state index contributed by atoms with van der Waals surface area (Å²) in [7, 11) is 0. The first-order valence-corrected chi connectivity index (χ1v) is 13.2. The maximum absolute atomic E-state index is 13.0. The third-order valence-electron chi connectivity index (χ3n) is 7.78. The molecule has 3 heterocycles. The van der Waals surface area contributed by atoms with E-state index < -0.39 is 6.04 Å². The van der Waals surface area contributed by atoms with Crippen molar-refractivity contribution in [1.82, 2.24) is 15.1 Å². The van der Waals surface area contributed by atoms with E-state index in [0.717, 1.165) is 55.8 Å². The first-order valence-electron chi connectivity index (χ1n) is 13.2. The zero-order valence-corrected chi connectivity index (χ0v) is 21.3. The number of nitrogens with one attached hydrogen (secondary N) is 1. The molecule has 5 rings (SSSR count). The number of carbonyl (C=O) groups is 2. The molecule has 1 saturated carbocycles. The lowest BCUT2D eigenvalue weighted by Gasteiger charge is -2.40. The molecule has 4 aliphatic rings. The molecular weight excluding hydrogens is 442 g/mol. The number of allylic oxidation sites excluding steroid dienone is 1. The summed E-state index contributed by atoms with van der Waals surface area (Å²) in [5, 5.41) is 2.80. The maximum Gasteiger partial charge on any atom is 0.255 e. The van der Waals surface area contributed by atoms with E-state index in [1.165, 1.54) is 6.42 Å². The molecule has 1 N–H and O–H groups in total. The van der Waals surface area contributed by atoms with Crippen LogP contribution in [0.25, 0.3) is 0 Å². The third-order valence-corrected chi connectivity index (χ3v) is 7.78. The lowest BCUT2D eigenvalue weighted by atomic mass is 10.0. The SMILES string of the molecule is C=C1CCC(N2Cc3cc(O[C@H]4CCC[C@H]4N4CCC(OC(C)(C)C)CC4)ccc3C2=O)C(=O)N1. The van der Waals surface area contributed by atoms with Gasteiger partial charge in [-0.3, -0.25) is 14.5 Å². The predicted molar refractivity (Wildman–Crippen MR) is 134 cm³/mol. The van der Waals surface area contributed by atoms with Crippen LogP contribution in [0.4, 0.5) is 0 Å². The first kappa shape index (κ1) is 24.3. The van der Waals surface area contributed by atoms with Crippen LogP contribution >= 0.6 is 0 Å². The van der Waals surface area contributed by atoms with Gasteiger partial charge in [0.1, 0.15) is 17.9 Å². The molecule has 3 fully saturated rings. The normalized spacial score (nSPS) is 28.4. The number of benzene rings is 1. The number of ether oxygens (including phenoxy) is 2. The van der Waals surface area contributed by atoms with Gasteiger partial charge in [0, 0.05) is 36.9 Å². The van der Waals surface area contributed by atoms with Crippen molar-refractivity contribution < 1.29 is 19.1 Å². The lowest BCUT2D eigenvalue weighted by molar-refractivity contribution is -0.126. The van der Waals surface area contributed by atoms with E-state index in [-0.39, 0.29) is 23.5 Å². The molecule has 7 nitrogen and oxygen atoms in total.